The number of hydrogen-bond acceptors (Lipinski definition) is 8. The second kappa shape index (κ2) is 8.01. The number of hydrogen-bond donors (Lipinski definition) is 0. The van der Waals surface area contributed by atoms with Crippen molar-refractivity contribution in [2.75, 3.05) is 32.7 Å². The largest absolute Gasteiger partial charge is 0.455 e. The molecule has 34 heavy (non-hydrogen) atoms. The first-order valence-electron chi connectivity index (χ1n) is 10.6. The average molecular weight is 478 g/mol. The fraction of sp³-hybridized carbons (Fsp3) is 0.429. The Morgan fingerprint density at radius 2 is 2.03 bits per heavy atom. The van der Waals surface area contributed by atoms with Crippen LogP contribution in [0, 0.1) is 10.1 Å². The molecule has 2 aliphatic rings. The Labute approximate surface area is 191 Å². The van der Waals surface area contributed by atoms with Crippen LogP contribution in [0.25, 0.3) is 11.0 Å². The third-order valence-corrected chi connectivity index (χ3v) is 5.87. The highest BCUT2D eigenvalue weighted by molar-refractivity contribution is 5.87. The van der Waals surface area contributed by atoms with Gasteiger partial charge in [-0.05, 0) is 36.1 Å². The summed E-state index contributed by atoms with van der Waals surface area (Å²) in [5, 5.41) is 17.5. The van der Waals surface area contributed by atoms with Crippen LogP contribution in [0.4, 0.5) is 19.0 Å². The van der Waals surface area contributed by atoms with E-state index in [2.05, 4.69) is 15.0 Å². The monoisotopic (exact) mass is 478 g/mol. The zero-order valence-electron chi connectivity index (χ0n) is 18.2. The van der Waals surface area contributed by atoms with E-state index in [4.69, 9.17) is 9.15 Å². The van der Waals surface area contributed by atoms with Crippen molar-refractivity contribution in [1.29, 1.82) is 0 Å². The minimum Gasteiger partial charge on any atom is -0.455 e. The Bertz CT molecular complexity index is 1240. The van der Waals surface area contributed by atoms with Crippen LogP contribution in [0.2, 0.25) is 0 Å². The average Bonchev–Trinajstić information content (AvgIpc) is 3.43. The van der Waals surface area contributed by atoms with Gasteiger partial charge in [0.15, 0.2) is 0 Å². The molecule has 5 rings (SSSR count). The van der Waals surface area contributed by atoms with Crippen molar-refractivity contribution < 1.29 is 27.2 Å². The van der Waals surface area contributed by atoms with Crippen molar-refractivity contribution in [1.82, 2.24) is 19.5 Å². The molecular formula is C21H21F3N6O4. The summed E-state index contributed by atoms with van der Waals surface area (Å²) in [6.07, 6.45) is -1.51. The molecular weight excluding hydrogens is 457 g/mol. The van der Waals surface area contributed by atoms with Crippen LogP contribution in [-0.4, -0.2) is 68.9 Å². The molecule has 2 aromatic heterocycles. The quantitative estimate of drug-likeness (QED) is 0.315. The first kappa shape index (κ1) is 22.2. The molecule has 0 aliphatic carbocycles. The molecule has 3 aromatic rings. The van der Waals surface area contributed by atoms with E-state index in [1.54, 1.807) is 4.57 Å². The fourth-order valence-electron chi connectivity index (χ4n) is 4.29. The van der Waals surface area contributed by atoms with E-state index in [1.807, 2.05) is 11.9 Å². The number of hydrazone groups is 1. The van der Waals surface area contributed by atoms with Crippen LogP contribution >= 0.6 is 0 Å². The van der Waals surface area contributed by atoms with Gasteiger partial charge in [-0.2, -0.15) is 18.3 Å². The Morgan fingerprint density at radius 3 is 2.71 bits per heavy atom. The summed E-state index contributed by atoms with van der Waals surface area (Å²) in [5.41, 5.74) is -0.886. The molecule has 1 saturated heterocycles. The number of fused-ring (bicyclic) bond motifs is 2. The zero-order chi connectivity index (χ0) is 24.1. The number of benzene rings is 1. The maximum Gasteiger partial charge on any atom is 0.416 e. The van der Waals surface area contributed by atoms with Crippen molar-refractivity contribution in [3.05, 3.63) is 51.9 Å². The lowest BCUT2D eigenvalue weighted by Crippen LogP contribution is -2.51. The molecule has 0 amide bonds. The molecule has 0 bridgehead atoms. The smallest absolute Gasteiger partial charge is 0.416 e. The summed E-state index contributed by atoms with van der Waals surface area (Å²) in [6, 6.07) is 5.16. The van der Waals surface area contributed by atoms with Crippen molar-refractivity contribution in [2.24, 2.45) is 5.10 Å². The van der Waals surface area contributed by atoms with E-state index in [1.165, 1.54) is 24.5 Å². The van der Waals surface area contributed by atoms with Crippen LogP contribution in [-0.2, 0) is 12.7 Å². The molecule has 13 heteroatoms. The van der Waals surface area contributed by atoms with Gasteiger partial charge in [0.2, 0.25) is 0 Å². The molecule has 0 saturated carbocycles. The number of halogens is 3. The van der Waals surface area contributed by atoms with Gasteiger partial charge in [0, 0.05) is 43.1 Å². The van der Waals surface area contributed by atoms with Gasteiger partial charge in [-0.15, -0.1) is 0 Å². The van der Waals surface area contributed by atoms with Crippen LogP contribution < -0.4 is 4.74 Å². The van der Waals surface area contributed by atoms with E-state index >= 15 is 0 Å². The molecule has 0 unspecified atom stereocenters. The normalized spacial score (nSPS) is 21.4. The van der Waals surface area contributed by atoms with E-state index in [0.717, 1.165) is 25.2 Å². The number of furan rings is 1. The summed E-state index contributed by atoms with van der Waals surface area (Å²) in [6.45, 7) is 5.82. The lowest BCUT2D eigenvalue weighted by molar-refractivity contribution is -0.389. The second-order valence-electron chi connectivity index (χ2n) is 8.69. The standard InChI is InChI=1S/C21H21F3N6O4/c1-20(13-28-11-18(30(31)32)26-19(28)34-20)12-27-4-6-29(7-5-27)25-10-16-9-14-8-15(21(22,23)24)2-3-17(14)33-16/h2-3,8-11H,4-7,12-13H2,1H3/b25-10+/t20-/m0/s1. The second-order valence-corrected chi connectivity index (χ2v) is 8.69. The van der Waals surface area contributed by atoms with E-state index < -0.39 is 22.3 Å². The van der Waals surface area contributed by atoms with E-state index in [0.29, 0.717) is 42.9 Å². The highest BCUT2D eigenvalue weighted by atomic mass is 19.4. The number of imidazole rings is 1. The van der Waals surface area contributed by atoms with Gasteiger partial charge in [0.05, 0.1) is 18.3 Å². The van der Waals surface area contributed by atoms with E-state index in [9.17, 15) is 23.3 Å². The molecule has 2 aliphatic heterocycles. The Balaban J connectivity index is 1.15. The molecule has 180 valence electrons. The minimum absolute atomic E-state index is 0.228. The van der Waals surface area contributed by atoms with Gasteiger partial charge in [-0.25, -0.2) is 0 Å². The zero-order valence-corrected chi connectivity index (χ0v) is 18.2. The Morgan fingerprint density at radius 1 is 1.26 bits per heavy atom. The topological polar surface area (TPSA) is 102 Å². The Hall–Kier alpha value is -3.61. The minimum atomic E-state index is -4.40. The number of piperazine rings is 1. The maximum atomic E-state index is 12.9. The lowest BCUT2D eigenvalue weighted by Gasteiger charge is -2.36. The number of ether oxygens (including phenoxy) is 1. The van der Waals surface area contributed by atoms with Crippen molar-refractivity contribution >= 4 is 23.0 Å². The number of alkyl halides is 3. The first-order chi connectivity index (χ1) is 16.1. The molecule has 0 radical (unpaired) electrons. The van der Waals surface area contributed by atoms with Gasteiger partial charge in [0.1, 0.15) is 23.1 Å². The lowest BCUT2D eigenvalue weighted by atomic mass is 10.1. The summed E-state index contributed by atoms with van der Waals surface area (Å²) in [5.74, 6) is 0.154. The summed E-state index contributed by atoms with van der Waals surface area (Å²) >= 11 is 0. The van der Waals surface area contributed by atoms with Crippen LogP contribution in [0.5, 0.6) is 6.01 Å². The number of rotatable bonds is 5. The van der Waals surface area contributed by atoms with Gasteiger partial charge < -0.3 is 19.3 Å². The molecule has 4 heterocycles. The molecule has 1 aromatic carbocycles. The van der Waals surface area contributed by atoms with Gasteiger partial charge in [0.25, 0.3) is 0 Å². The fourth-order valence-corrected chi connectivity index (χ4v) is 4.29. The predicted molar refractivity (Wildman–Crippen MR) is 115 cm³/mol. The van der Waals surface area contributed by atoms with Gasteiger partial charge in [-0.1, -0.05) is 0 Å². The summed E-state index contributed by atoms with van der Waals surface area (Å²) < 4.78 is 51.8. The highest BCUT2D eigenvalue weighted by Crippen LogP contribution is 2.33. The Kier molecular flexibility index (Phi) is 5.23. The van der Waals surface area contributed by atoms with Crippen molar-refractivity contribution in [3.63, 3.8) is 0 Å². The SMILES string of the molecule is C[C@]1(CN2CCN(/N=C/c3cc4cc(C(F)(F)F)ccc4o3)CC2)Cn2cc([N+](=O)[O-])nc2O1. The van der Waals surface area contributed by atoms with Crippen LogP contribution in [0.15, 0.2) is 40.0 Å². The number of nitro groups is 1. The van der Waals surface area contributed by atoms with Crippen LogP contribution in [0.1, 0.15) is 18.2 Å². The summed E-state index contributed by atoms with van der Waals surface area (Å²) in [7, 11) is 0. The molecule has 1 fully saturated rings. The maximum absolute atomic E-state index is 12.9. The van der Waals surface area contributed by atoms with Crippen molar-refractivity contribution in [2.45, 2.75) is 25.2 Å². The first-order valence-corrected chi connectivity index (χ1v) is 10.6. The molecule has 10 nitrogen and oxygen atoms in total. The summed E-state index contributed by atoms with van der Waals surface area (Å²) in [4.78, 5) is 16.4. The van der Waals surface area contributed by atoms with Crippen molar-refractivity contribution in [3.8, 4) is 6.01 Å². The van der Waals surface area contributed by atoms with E-state index in [-0.39, 0.29) is 11.8 Å². The molecule has 0 N–H and O–H groups in total. The third-order valence-electron chi connectivity index (χ3n) is 5.87. The number of aromatic nitrogens is 2. The predicted octanol–water partition coefficient (Wildman–Crippen LogP) is 3.36. The molecule has 1 atom stereocenters. The number of nitrogens with zero attached hydrogens (tertiary/aromatic N) is 6. The van der Waals surface area contributed by atoms with Gasteiger partial charge in [-0.3, -0.25) is 14.5 Å². The highest BCUT2D eigenvalue weighted by Gasteiger charge is 2.41. The van der Waals surface area contributed by atoms with Gasteiger partial charge >= 0.3 is 18.0 Å². The molecule has 0 spiro atoms. The van der Waals surface area contributed by atoms with Crippen LogP contribution in [0.3, 0.4) is 0 Å². The third kappa shape index (κ3) is 4.42.